The third-order valence-electron chi connectivity index (χ3n) is 5.15. The molecule has 118 valence electrons. The van der Waals surface area contributed by atoms with Gasteiger partial charge in [0.2, 0.25) is 0 Å². The lowest BCUT2D eigenvalue weighted by Gasteiger charge is -2.33. The summed E-state index contributed by atoms with van der Waals surface area (Å²) in [5, 5.41) is 3.16. The van der Waals surface area contributed by atoms with E-state index in [2.05, 4.69) is 24.2 Å². The molecule has 1 atom stereocenters. The maximum Gasteiger partial charge on any atom is 0.251 e. The van der Waals surface area contributed by atoms with Gasteiger partial charge in [-0.25, -0.2) is 0 Å². The normalized spacial score (nSPS) is 20.7. The van der Waals surface area contributed by atoms with Crippen molar-refractivity contribution in [3.63, 3.8) is 0 Å². The first-order valence-electron chi connectivity index (χ1n) is 8.20. The highest BCUT2D eigenvalue weighted by Crippen LogP contribution is 2.26. The maximum absolute atomic E-state index is 12.6. The maximum atomic E-state index is 12.6. The van der Waals surface area contributed by atoms with E-state index in [1.807, 2.05) is 18.2 Å². The molecular formula is C18H24N2O2. The Morgan fingerprint density at radius 1 is 1.27 bits per heavy atom. The summed E-state index contributed by atoms with van der Waals surface area (Å²) in [6.45, 7) is 4.29. The van der Waals surface area contributed by atoms with Crippen LogP contribution in [0.4, 0.5) is 0 Å². The quantitative estimate of drug-likeness (QED) is 0.931. The van der Waals surface area contributed by atoms with Gasteiger partial charge in [0.1, 0.15) is 0 Å². The Hall–Kier alpha value is -1.68. The molecular weight excluding hydrogens is 276 g/mol. The predicted octanol–water partition coefficient (Wildman–Crippen LogP) is 2.28. The number of Topliss-reactive ketones (excluding diaryl/α,β-unsaturated/α-hetero) is 1. The summed E-state index contributed by atoms with van der Waals surface area (Å²) in [4.78, 5) is 26.7. The van der Waals surface area contributed by atoms with Gasteiger partial charge in [0, 0.05) is 23.6 Å². The monoisotopic (exact) mass is 300 g/mol. The molecule has 1 aromatic carbocycles. The van der Waals surface area contributed by atoms with Gasteiger partial charge in [0.05, 0.1) is 0 Å². The number of piperidine rings is 1. The number of rotatable bonds is 3. The number of carbonyl (C=O) groups excluding carboxylic acids is 2. The number of nitrogens with one attached hydrogen (secondary N) is 1. The van der Waals surface area contributed by atoms with Crippen LogP contribution in [-0.4, -0.2) is 42.8 Å². The van der Waals surface area contributed by atoms with Gasteiger partial charge in [-0.05, 0) is 63.9 Å². The van der Waals surface area contributed by atoms with Crippen molar-refractivity contribution in [2.24, 2.45) is 5.92 Å². The van der Waals surface area contributed by atoms with Gasteiger partial charge >= 0.3 is 0 Å². The van der Waals surface area contributed by atoms with Gasteiger partial charge in [-0.3, -0.25) is 9.59 Å². The summed E-state index contributed by atoms with van der Waals surface area (Å²) in [5.74, 6) is 0.671. The molecule has 4 nitrogen and oxygen atoms in total. The van der Waals surface area contributed by atoms with E-state index in [4.69, 9.17) is 0 Å². The third kappa shape index (κ3) is 2.93. The fourth-order valence-corrected chi connectivity index (χ4v) is 3.63. The second-order valence-corrected chi connectivity index (χ2v) is 6.66. The number of likely N-dealkylation sites (tertiary alicyclic amines) is 1. The van der Waals surface area contributed by atoms with Crippen LogP contribution in [-0.2, 0) is 6.42 Å². The molecule has 22 heavy (non-hydrogen) atoms. The summed E-state index contributed by atoms with van der Waals surface area (Å²) in [7, 11) is 2.14. The lowest BCUT2D eigenvalue weighted by atomic mass is 9.90. The zero-order valence-corrected chi connectivity index (χ0v) is 13.4. The van der Waals surface area contributed by atoms with Crippen LogP contribution in [0.2, 0.25) is 0 Å². The van der Waals surface area contributed by atoms with E-state index in [0.717, 1.165) is 37.1 Å². The summed E-state index contributed by atoms with van der Waals surface area (Å²) >= 11 is 0. The second kappa shape index (κ2) is 6.21. The highest BCUT2D eigenvalue weighted by molar-refractivity contribution is 6.05. The fourth-order valence-electron chi connectivity index (χ4n) is 3.63. The third-order valence-corrected chi connectivity index (χ3v) is 5.15. The minimum absolute atomic E-state index is 0.0296. The van der Waals surface area contributed by atoms with Crippen molar-refractivity contribution in [3.05, 3.63) is 34.9 Å². The number of fused-ring (bicyclic) bond motifs is 1. The molecule has 4 heteroatoms. The van der Waals surface area contributed by atoms with Gasteiger partial charge in [0.15, 0.2) is 5.78 Å². The molecule has 1 fully saturated rings. The molecule has 1 amide bonds. The van der Waals surface area contributed by atoms with E-state index in [-0.39, 0.29) is 17.7 Å². The highest BCUT2D eigenvalue weighted by atomic mass is 16.1. The number of hydrogen-bond acceptors (Lipinski definition) is 3. The number of amides is 1. The first kappa shape index (κ1) is 15.2. The molecule has 1 unspecified atom stereocenters. The Labute approximate surface area is 131 Å². The zero-order chi connectivity index (χ0) is 15.7. The van der Waals surface area contributed by atoms with Crippen molar-refractivity contribution in [1.82, 2.24) is 10.2 Å². The molecule has 1 saturated heterocycles. The largest absolute Gasteiger partial charge is 0.349 e. The molecule has 0 bridgehead atoms. The second-order valence-electron chi connectivity index (χ2n) is 6.66. The first-order chi connectivity index (χ1) is 10.6. The molecule has 1 N–H and O–H groups in total. The summed E-state index contributed by atoms with van der Waals surface area (Å²) in [6.07, 6.45) is 3.48. The van der Waals surface area contributed by atoms with E-state index < -0.39 is 0 Å². The summed E-state index contributed by atoms with van der Waals surface area (Å²) in [6, 6.07) is 5.67. The van der Waals surface area contributed by atoms with Crippen LogP contribution < -0.4 is 5.32 Å². The van der Waals surface area contributed by atoms with Crippen LogP contribution in [0, 0.1) is 5.92 Å². The fraction of sp³-hybridized carbons (Fsp3) is 0.556. The molecule has 0 spiro atoms. The summed E-state index contributed by atoms with van der Waals surface area (Å²) in [5.41, 5.74) is 2.35. The average molecular weight is 300 g/mol. The molecule has 1 heterocycles. The van der Waals surface area contributed by atoms with Crippen molar-refractivity contribution in [2.45, 2.75) is 38.6 Å². The lowest BCUT2D eigenvalue weighted by Crippen LogP contribution is -2.43. The van der Waals surface area contributed by atoms with E-state index in [1.54, 1.807) is 0 Å². The van der Waals surface area contributed by atoms with Crippen LogP contribution in [0.25, 0.3) is 0 Å². The van der Waals surface area contributed by atoms with Crippen molar-refractivity contribution < 1.29 is 9.59 Å². The molecule has 1 aliphatic heterocycles. The minimum Gasteiger partial charge on any atom is -0.349 e. The van der Waals surface area contributed by atoms with Crippen molar-refractivity contribution in [2.75, 3.05) is 20.1 Å². The minimum atomic E-state index is -0.0296. The van der Waals surface area contributed by atoms with E-state index in [0.29, 0.717) is 24.3 Å². The molecule has 0 aromatic heterocycles. The average Bonchev–Trinajstić information content (AvgIpc) is 2.89. The highest BCUT2D eigenvalue weighted by Gasteiger charge is 2.27. The van der Waals surface area contributed by atoms with Crippen LogP contribution >= 0.6 is 0 Å². The SMILES string of the molecule is CC(NC(=O)c1cccc2c1CCC2=O)C1CCN(C)CC1. The van der Waals surface area contributed by atoms with Crippen LogP contribution in [0.5, 0.6) is 0 Å². The number of nitrogens with zero attached hydrogens (tertiary/aromatic N) is 1. The van der Waals surface area contributed by atoms with Crippen LogP contribution in [0.1, 0.15) is 52.5 Å². The van der Waals surface area contributed by atoms with E-state index in [1.165, 1.54) is 0 Å². The number of hydrogen-bond donors (Lipinski definition) is 1. The Morgan fingerprint density at radius 2 is 2.00 bits per heavy atom. The lowest BCUT2D eigenvalue weighted by molar-refractivity contribution is 0.0908. The Balaban J connectivity index is 1.69. The van der Waals surface area contributed by atoms with Gasteiger partial charge in [-0.1, -0.05) is 12.1 Å². The smallest absolute Gasteiger partial charge is 0.251 e. The Morgan fingerprint density at radius 3 is 2.73 bits per heavy atom. The molecule has 0 radical (unpaired) electrons. The topological polar surface area (TPSA) is 49.4 Å². The number of ketones is 1. The molecule has 1 aliphatic carbocycles. The van der Waals surface area contributed by atoms with E-state index >= 15 is 0 Å². The van der Waals surface area contributed by atoms with Crippen LogP contribution in [0.3, 0.4) is 0 Å². The predicted molar refractivity (Wildman–Crippen MR) is 86.2 cm³/mol. The van der Waals surface area contributed by atoms with Crippen molar-refractivity contribution in [3.8, 4) is 0 Å². The zero-order valence-electron chi connectivity index (χ0n) is 13.4. The van der Waals surface area contributed by atoms with Crippen molar-refractivity contribution >= 4 is 11.7 Å². The van der Waals surface area contributed by atoms with Gasteiger partial charge in [0.25, 0.3) is 5.91 Å². The summed E-state index contributed by atoms with van der Waals surface area (Å²) < 4.78 is 0. The van der Waals surface area contributed by atoms with E-state index in [9.17, 15) is 9.59 Å². The number of benzene rings is 1. The van der Waals surface area contributed by atoms with Gasteiger partial charge < -0.3 is 10.2 Å². The standard InChI is InChI=1S/C18H24N2O2/c1-12(13-8-10-20(2)11-9-13)19-18(22)16-5-3-4-15-14(16)6-7-17(15)21/h3-5,12-13H,6-11H2,1-2H3,(H,19,22). The van der Waals surface area contributed by atoms with Gasteiger partial charge in [-0.15, -0.1) is 0 Å². The molecule has 2 aliphatic rings. The molecule has 1 aromatic rings. The first-order valence-corrected chi connectivity index (χ1v) is 8.20. The molecule has 3 rings (SSSR count). The Bertz CT molecular complexity index is 589. The van der Waals surface area contributed by atoms with Crippen molar-refractivity contribution in [1.29, 1.82) is 0 Å². The van der Waals surface area contributed by atoms with Crippen LogP contribution in [0.15, 0.2) is 18.2 Å². The number of carbonyl (C=O) groups is 2. The molecule has 0 saturated carbocycles. The Kier molecular flexibility index (Phi) is 4.30. The van der Waals surface area contributed by atoms with Gasteiger partial charge in [-0.2, -0.15) is 0 Å².